The molecule has 0 fully saturated rings. The van der Waals surface area contributed by atoms with Crippen molar-refractivity contribution in [3.63, 3.8) is 0 Å². The van der Waals surface area contributed by atoms with Crippen LogP contribution in [-0.2, 0) is 13.0 Å². The van der Waals surface area contributed by atoms with Crippen LogP contribution in [0.3, 0.4) is 0 Å². The fourth-order valence-corrected chi connectivity index (χ4v) is 4.25. The minimum Gasteiger partial charge on any atom is -0.384 e. The molecule has 0 saturated carbocycles. The summed E-state index contributed by atoms with van der Waals surface area (Å²) in [6, 6.07) is 18.0. The van der Waals surface area contributed by atoms with E-state index in [0.29, 0.717) is 35.0 Å². The van der Waals surface area contributed by atoms with Crippen LogP contribution in [-0.4, -0.2) is 26.5 Å². The summed E-state index contributed by atoms with van der Waals surface area (Å²) in [5.41, 5.74) is 11.0. The minimum absolute atomic E-state index is 0.0618. The number of aryl methyl sites for hydroxylation is 2. The average Bonchev–Trinajstić information content (AvgIpc) is 3.06. The lowest BCUT2D eigenvalue weighted by atomic mass is 10.0. The van der Waals surface area contributed by atoms with Gasteiger partial charge in [0.05, 0.1) is 11.0 Å². The van der Waals surface area contributed by atoms with Gasteiger partial charge < -0.3 is 15.6 Å². The molecule has 172 valence electrons. The fraction of sp³-hybridized carbons (Fsp3) is 0.370. The molecule has 0 radical (unpaired) electrons. The Morgan fingerprint density at radius 2 is 1.64 bits per heavy atom. The number of nitrogens with zero attached hydrogens (tertiary/aromatic N) is 3. The second-order valence-electron chi connectivity index (χ2n) is 9.23. The van der Waals surface area contributed by atoms with E-state index in [1.165, 1.54) is 5.56 Å². The molecule has 2 aromatic carbocycles. The first-order valence-electron chi connectivity index (χ1n) is 11.8. The molecule has 0 saturated heterocycles. The second-order valence-corrected chi connectivity index (χ2v) is 9.23. The zero-order valence-corrected chi connectivity index (χ0v) is 19.7. The van der Waals surface area contributed by atoms with E-state index in [1.807, 2.05) is 54.0 Å². The number of carbonyl (C=O) groups is 1. The molecule has 0 aliphatic heterocycles. The third-order valence-corrected chi connectivity index (χ3v) is 6.08. The molecule has 0 aliphatic rings. The number of nitrogen functional groups attached to an aromatic ring is 1. The quantitative estimate of drug-likeness (QED) is 0.365. The number of benzene rings is 2. The number of aromatic nitrogens is 3. The molecule has 6 heteroatoms. The van der Waals surface area contributed by atoms with Crippen LogP contribution in [0.4, 0.5) is 5.82 Å². The number of hydrogen-bond acceptors (Lipinski definition) is 4. The Balaban J connectivity index is 1.68. The largest absolute Gasteiger partial charge is 0.384 e. The highest BCUT2D eigenvalue weighted by molar-refractivity contribution is 6.10. The molecule has 0 bridgehead atoms. The summed E-state index contributed by atoms with van der Waals surface area (Å²) in [4.78, 5) is 23.0. The summed E-state index contributed by atoms with van der Waals surface area (Å²) in [6.45, 7) is 7.11. The summed E-state index contributed by atoms with van der Waals surface area (Å²) in [6.07, 6.45) is 3.96. The van der Waals surface area contributed by atoms with Crippen molar-refractivity contribution in [3.8, 4) is 0 Å². The van der Waals surface area contributed by atoms with E-state index in [-0.39, 0.29) is 11.9 Å². The Labute approximate surface area is 195 Å². The van der Waals surface area contributed by atoms with Crippen molar-refractivity contribution in [2.45, 2.75) is 59.0 Å². The lowest BCUT2D eigenvalue weighted by molar-refractivity contribution is 0.0940. The maximum Gasteiger partial charge on any atom is 0.257 e. The minimum atomic E-state index is -0.183. The van der Waals surface area contributed by atoms with Gasteiger partial charge in [-0.2, -0.15) is 0 Å². The number of rotatable bonds is 9. The van der Waals surface area contributed by atoms with Crippen LogP contribution < -0.4 is 11.1 Å². The molecule has 4 aromatic rings. The topological polar surface area (TPSA) is 85.8 Å². The number of nitrogens with one attached hydrogen (secondary N) is 1. The molecule has 2 heterocycles. The number of anilines is 1. The molecular formula is C27H33N5O. The second kappa shape index (κ2) is 10.0. The molecule has 1 atom stereocenters. The number of carbonyl (C=O) groups excluding carboxylic acids is 1. The monoisotopic (exact) mass is 443 g/mol. The zero-order chi connectivity index (χ0) is 23.4. The van der Waals surface area contributed by atoms with Crippen LogP contribution in [0.2, 0.25) is 0 Å². The Kier molecular flexibility index (Phi) is 6.92. The van der Waals surface area contributed by atoms with Crippen molar-refractivity contribution < 1.29 is 4.79 Å². The predicted molar refractivity (Wildman–Crippen MR) is 135 cm³/mol. The van der Waals surface area contributed by atoms with Crippen LogP contribution in [0.25, 0.3) is 22.2 Å². The molecule has 1 amide bonds. The van der Waals surface area contributed by atoms with Crippen LogP contribution in [0.5, 0.6) is 0 Å². The maximum absolute atomic E-state index is 13.3. The molecule has 3 N–H and O–H groups in total. The van der Waals surface area contributed by atoms with Gasteiger partial charge in [0.15, 0.2) is 5.65 Å². The van der Waals surface area contributed by atoms with Gasteiger partial charge in [-0.3, -0.25) is 4.79 Å². The van der Waals surface area contributed by atoms with Gasteiger partial charge in [0.2, 0.25) is 0 Å². The molecular weight excluding hydrogens is 410 g/mol. The number of hydrogen-bond donors (Lipinski definition) is 2. The molecule has 0 spiro atoms. The van der Waals surface area contributed by atoms with Gasteiger partial charge in [0.1, 0.15) is 16.9 Å². The lowest BCUT2D eigenvalue weighted by Crippen LogP contribution is -2.33. The SMILES string of the molecule is CC(C)CCC[C@H](C)NC(=O)c1c(N)n(CCc2ccccc2)c2nc3ccccc3nc12. The molecule has 4 rings (SSSR count). The lowest BCUT2D eigenvalue weighted by Gasteiger charge is -2.14. The van der Waals surface area contributed by atoms with Crippen molar-refractivity contribution in [1.82, 2.24) is 19.9 Å². The van der Waals surface area contributed by atoms with E-state index in [2.05, 4.69) is 31.3 Å². The zero-order valence-electron chi connectivity index (χ0n) is 19.7. The van der Waals surface area contributed by atoms with Gasteiger partial charge in [-0.15, -0.1) is 0 Å². The van der Waals surface area contributed by atoms with E-state index >= 15 is 0 Å². The average molecular weight is 444 g/mol. The predicted octanol–water partition coefficient (Wildman–Crippen LogP) is 5.35. The van der Waals surface area contributed by atoms with Crippen molar-refractivity contribution in [2.75, 3.05) is 5.73 Å². The Hall–Kier alpha value is -3.41. The van der Waals surface area contributed by atoms with Gasteiger partial charge in [0.25, 0.3) is 5.91 Å². The van der Waals surface area contributed by atoms with Gasteiger partial charge >= 0.3 is 0 Å². The van der Waals surface area contributed by atoms with Crippen molar-refractivity contribution >= 4 is 33.9 Å². The van der Waals surface area contributed by atoms with E-state index in [0.717, 1.165) is 36.7 Å². The van der Waals surface area contributed by atoms with Crippen LogP contribution >= 0.6 is 0 Å². The third-order valence-electron chi connectivity index (χ3n) is 6.08. The highest BCUT2D eigenvalue weighted by atomic mass is 16.1. The van der Waals surface area contributed by atoms with Gasteiger partial charge in [0, 0.05) is 12.6 Å². The molecule has 0 aliphatic carbocycles. The van der Waals surface area contributed by atoms with Crippen molar-refractivity contribution in [1.29, 1.82) is 0 Å². The Morgan fingerprint density at radius 3 is 2.33 bits per heavy atom. The van der Waals surface area contributed by atoms with Gasteiger partial charge in [-0.05, 0) is 43.4 Å². The summed E-state index contributed by atoms with van der Waals surface area (Å²) < 4.78 is 1.93. The third kappa shape index (κ3) is 5.16. The number of fused-ring (bicyclic) bond motifs is 2. The van der Waals surface area contributed by atoms with E-state index in [4.69, 9.17) is 15.7 Å². The summed E-state index contributed by atoms with van der Waals surface area (Å²) >= 11 is 0. The van der Waals surface area contributed by atoms with Crippen LogP contribution in [0.15, 0.2) is 54.6 Å². The normalized spacial score (nSPS) is 12.5. The Morgan fingerprint density at radius 1 is 0.970 bits per heavy atom. The van der Waals surface area contributed by atoms with Crippen molar-refractivity contribution in [2.24, 2.45) is 5.92 Å². The molecule has 33 heavy (non-hydrogen) atoms. The highest BCUT2D eigenvalue weighted by Crippen LogP contribution is 2.28. The Bertz CT molecular complexity index is 1250. The standard InChI is InChI=1S/C27H33N5O/c1-18(2)10-9-11-19(3)29-27(33)23-24-26(31-22-15-8-7-14-21(22)30-24)32(25(23)28)17-16-20-12-5-4-6-13-20/h4-8,12-15,18-19H,9-11,16-17,28H2,1-3H3,(H,29,33)/t19-/m0/s1. The van der Waals surface area contributed by atoms with E-state index < -0.39 is 0 Å². The van der Waals surface area contributed by atoms with Gasteiger partial charge in [-0.25, -0.2) is 9.97 Å². The van der Waals surface area contributed by atoms with Crippen LogP contribution in [0, 0.1) is 5.92 Å². The molecule has 2 aromatic heterocycles. The van der Waals surface area contributed by atoms with Crippen LogP contribution in [0.1, 0.15) is 56.0 Å². The fourth-order valence-electron chi connectivity index (χ4n) is 4.25. The van der Waals surface area contributed by atoms with Gasteiger partial charge in [-0.1, -0.05) is 69.2 Å². The number of para-hydroxylation sites is 2. The molecule has 6 nitrogen and oxygen atoms in total. The van der Waals surface area contributed by atoms with E-state index in [1.54, 1.807) is 0 Å². The van der Waals surface area contributed by atoms with Crippen molar-refractivity contribution in [3.05, 3.63) is 65.7 Å². The highest BCUT2D eigenvalue weighted by Gasteiger charge is 2.24. The summed E-state index contributed by atoms with van der Waals surface area (Å²) in [5, 5.41) is 3.14. The first-order chi connectivity index (χ1) is 15.9. The smallest absolute Gasteiger partial charge is 0.257 e. The first-order valence-corrected chi connectivity index (χ1v) is 11.8. The number of amides is 1. The molecule has 0 unspecified atom stereocenters. The summed E-state index contributed by atoms with van der Waals surface area (Å²) in [5.74, 6) is 0.899. The maximum atomic E-state index is 13.3. The number of nitrogens with two attached hydrogens (primary N) is 1. The summed E-state index contributed by atoms with van der Waals surface area (Å²) in [7, 11) is 0. The van der Waals surface area contributed by atoms with E-state index in [9.17, 15) is 4.79 Å². The first kappa shape index (κ1) is 22.8.